The van der Waals surface area contributed by atoms with E-state index in [1.807, 2.05) is 12.1 Å². The lowest BCUT2D eigenvalue weighted by atomic mass is 10.3. The lowest BCUT2D eigenvalue weighted by molar-refractivity contribution is -0.127. The van der Waals surface area contributed by atoms with E-state index < -0.39 is 0 Å². The molecule has 6 nitrogen and oxygen atoms in total. The van der Waals surface area contributed by atoms with Crippen LogP contribution in [0.1, 0.15) is 0 Å². The van der Waals surface area contributed by atoms with Crippen molar-refractivity contribution in [1.82, 2.24) is 19.7 Å². The molecule has 3 aromatic rings. The summed E-state index contributed by atoms with van der Waals surface area (Å²) >= 11 is 7.33. The van der Waals surface area contributed by atoms with Crippen LogP contribution < -0.4 is 4.74 Å². The highest BCUT2D eigenvalue weighted by Gasteiger charge is 2.13. The Kier molecular flexibility index (Phi) is 6.89. The van der Waals surface area contributed by atoms with Crippen molar-refractivity contribution in [1.29, 1.82) is 0 Å². The summed E-state index contributed by atoms with van der Waals surface area (Å²) in [5.41, 5.74) is 0.827. The molecule has 0 bridgehead atoms. The second-order valence-corrected chi connectivity index (χ2v) is 7.25. The zero-order valence-corrected chi connectivity index (χ0v) is 16.7. The third-order valence-corrected chi connectivity index (χ3v) is 5.03. The van der Waals surface area contributed by atoms with Crippen LogP contribution in [0.5, 0.6) is 5.75 Å². The fourth-order valence-corrected chi connectivity index (χ4v) is 3.37. The highest BCUT2D eigenvalue weighted by Crippen LogP contribution is 2.21. The fourth-order valence-electron chi connectivity index (χ4n) is 2.32. The molecule has 0 saturated carbocycles. The second kappa shape index (κ2) is 9.57. The Morgan fingerprint density at radius 1 is 1.29 bits per heavy atom. The molecule has 1 amide bonds. The maximum atomic E-state index is 12.9. The molecule has 0 aliphatic rings. The Morgan fingerprint density at radius 3 is 2.82 bits per heavy atom. The number of hydrogen-bond acceptors (Lipinski definition) is 5. The van der Waals surface area contributed by atoms with Gasteiger partial charge < -0.3 is 9.64 Å². The molecule has 2 aromatic carbocycles. The zero-order valence-electron chi connectivity index (χ0n) is 15.1. The van der Waals surface area contributed by atoms with Gasteiger partial charge in [-0.15, -0.1) is 10.2 Å². The van der Waals surface area contributed by atoms with E-state index in [1.165, 1.54) is 23.9 Å². The smallest absolute Gasteiger partial charge is 0.232 e. The van der Waals surface area contributed by atoms with Gasteiger partial charge in [0.05, 0.1) is 18.0 Å². The first-order chi connectivity index (χ1) is 13.5. The van der Waals surface area contributed by atoms with E-state index in [9.17, 15) is 9.18 Å². The minimum absolute atomic E-state index is 0.0617. The van der Waals surface area contributed by atoms with Gasteiger partial charge in [-0.05, 0) is 42.5 Å². The molecule has 0 atom stereocenters. The van der Waals surface area contributed by atoms with Crippen molar-refractivity contribution in [3.05, 3.63) is 65.7 Å². The molecule has 0 unspecified atom stereocenters. The largest absolute Gasteiger partial charge is 0.492 e. The zero-order chi connectivity index (χ0) is 19.9. The van der Waals surface area contributed by atoms with Gasteiger partial charge in [-0.25, -0.2) is 4.39 Å². The number of thioether (sulfide) groups is 1. The maximum absolute atomic E-state index is 12.9. The van der Waals surface area contributed by atoms with E-state index in [0.29, 0.717) is 29.1 Å². The molecule has 0 aliphatic carbocycles. The van der Waals surface area contributed by atoms with Crippen LogP contribution in [-0.2, 0) is 4.79 Å². The Morgan fingerprint density at radius 2 is 2.07 bits per heavy atom. The van der Waals surface area contributed by atoms with Crippen LogP contribution in [0.15, 0.2) is 60.0 Å². The fraction of sp³-hybridized carbons (Fsp3) is 0.211. The second-order valence-electron chi connectivity index (χ2n) is 5.87. The van der Waals surface area contributed by atoms with Crippen molar-refractivity contribution < 1.29 is 13.9 Å². The average molecular weight is 421 g/mol. The first kappa shape index (κ1) is 20.2. The van der Waals surface area contributed by atoms with Crippen molar-refractivity contribution in [2.45, 2.75) is 5.16 Å². The Balaban J connectivity index is 1.49. The summed E-state index contributed by atoms with van der Waals surface area (Å²) in [6.07, 6.45) is 1.58. The summed E-state index contributed by atoms with van der Waals surface area (Å²) in [4.78, 5) is 13.9. The molecule has 0 spiro atoms. The normalized spacial score (nSPS) is 10.7. The number of nitrogens with zero attached hydrogens (tertiary/aromatic N) is 4. The van der Waals surface area contributed by atoms with Gasteiger partial charge in [0.2, 0.25) is 5.91 Å². The highest BCUT2D eigenvalue weighted by molar-refractivity contribution is 7.99. The van der Waals surface area contributed by atoms with Gasteiger partial charge >= 0.3 is 0 Å². The van der Waals surface area contributed by atoms with Gasteiger partial charge in [-0.1, -0.05) is 29.4 Å². The molecule has 0 fully saturated rings. The summed E-state index contributed by atoms with van der Waals surface area (Å²) in [6, 6.07) is 13.1. The number of halogens is 2. The Hall–Kier alpha value is -2.58. The summed E-state index contributed by atoms with van der Waals surface area (Å²) in [6.45, 7) is 0.731. The molecule has 1 aromatic heterocycles. The minimum atomic E-state index is -0.317. The van der Waals surface area contributed by atoms with Crippen LogP contribution in [0, 0.1) is 5.82 Å². The number of carbonyl (C=O) groups excluding carboxylic acids is 1. The van der Waals surface area contributed by atoms with E-state index in [-0.39, 0.29) is 17.5 Å². The van der Waals surface area contributed by atoms with Crippen LogP contribution in [0.25, 0.3) is 5.69 Å². The van der Waals surface area contributed by atoms with Gasteiger partial charge in [0, 0.05) is 12.1 Å². The average Bonchev–Trinajstić information content (AvgIpc) is 3.16. The number of carbonyl (C=O) groups is 1. The van der Waals surface area contributed by atoms with E-state index in [1.54, 1.807) is 47.1 Å². The van der Waals surface area contributed by atoms with E-state index in [2.05, 4.69) is 10.2 Å². The van der Waals surface area contributed by atoms with Crippen molar-refractivity contribution in [3.8, 4) is 11.4 Å². The van der Waals surface area contributed by atoms with Crippen LogP contribution in [-0.4, -0.2) is 51.5 Å². The molecule has 0 N–H and O–H groups in total. The van der Waals surface area contributed by atoms with Gasteiger partial charge in [-0.3, -0.25) is 9.36 Å². The monoisotopic (exact) mass is 420 g/mol. The third-order valence-electron chi connectivity index (χ3n) is 3.86. The van der Waals surface area contributed by atoms with Crippen LogP contribution >= 0.6 is 23.4 Å². The lowest BCUT2D eigenvalue weighted by Gasteiger charge is -2.17. The molecule has 28 heavy (non-hydrogen) atoms. The minimum Gasteiger partial charge on any atom is -0.492 e. The Labute approximate surface area is 171 Å². The molecule has 0 radical (unpaired) electrons. The van der Waals surface area contributed by atoms with Crippen molar-refractivity contribution in [2.75, 3.05) is 26.0 Å². The molecule has 0 saturated heterocycles. The van der Waals surface area contributed by atoms with E-state index in [0.717, 1.165) is 5.69 Å². The topological polar surface area (TPSA) is 60.2 Å². The first-order valence-corrected chi connectivity index (χ1v) is 9.80. The highest BCUT2D eigenvalue weighted by atomic mass is 35.5. The standard InChI is InChI=1S/C19H18ClFN4O2S/c1-24(9-10-27-17-7-5-15(21)6-8-17)18(26)12-28-19-23-22-13-25(19)16-4-2-3-14(20)11-16/h2-8,11,13H,9-10,12H2,1H3. The molecular weight excluding hydrogens is 403 g/mol. The number of amides is 1. The number of rotatable bonds is 8. The lowest BCUT2D eigenvalue weighted by Crippen LogP contribution is -2.32. The number of ether oxygens (including phenoxy) is 1. The van der Waals surface area contributed by atoms with Gasteiger partial charge in [0.1, 0.15) is 24.5 Å². The summed E-state index contributed by atoms with van der Waals surface area (Å²) in [5, 5.41) is 9.20. The van der Waals surface area contributed by atoms with Crippen molar-refractivity contribution in [2.24, 2.45) is 0 Å². The molecule has 0 aliphatic heterocycles. The number of likely N-dealkylation sites (N-methyl/N-ethyl adjacent to an activating group) is 1. The number of aromatic nitrogens is 3. The van der Waals surface area contributed by atoms with Crippen molar-refractivity contribution in [3.63, 3.8) is 0 Å². The third kappa shape index (κ3) is 5.46. The van der Waals surface area contributed by atoms with Crippen LogP contribution in [0.2, 0.25) is 5.02 Å². The Bertz CT molecular complexity index is 936. The first-order valence-electron chi connectivity index (χ1n) is 8.44. The molecule has 146 valence electrons. The van der Waals surface area contributed by atoms with Crippen LogP contribution in [0.3, 0.4) is 0 Å². The van der Waals surface area contributed by atoms with Crippen LogP contribution in [0.4, 0.5) is 4.39 Å². The predicted molar refractivity (Wildman–Crippen MR) is 107 cm³/mol. The molecule has 1 heterocycles. The van der Waals surface area contributed by atoms with Gasteiger partial charge in [-0.2, -0.15) is 0 Å². The summed E-state index contributed by atoms with van der Waals surface area (Å²) < 4.78 is 20.2. The summed E-state index contributed by atoms with van der Waals surface area (Å²) in [5.74, 6) is 0.397. The van der Waals surface area contributed by atoms with Gasteiger partial charge in [0.15, 0.2) is 5.16 Å². The quantitative estimate of drug-likeness (QED) is 0.520. The maximum Gasteiger partial charge on any atom is 0.232 e. The van der Waals surface area contributed by atoms with Crippen molar-refractivity contribution >= 4 is 29.3 Å². The number of benzene rings is 2. The summed E-state index contributed by atoms with van der Waals surface area (Å²) in [7, 11) is 1.71. The molecular formula is C19H18ClFN4O2S. The van der Waals surface area contributed by atoms with E-state index >= 15 is 0 Å². The van der Waals surface area contributed by atoms with E-state index in [4.69, 9.17) is 16.3 Å². The number of hydrogen-bond donors (Lipinski definition) is 0. The molecule has 3 rings (SSSR count). The molecule has 9 heteroatoms. The SMILES string of the molecule is CN(CCOc1ccc(F)cc1)C(=O)CSc1nncn1-c1cccc(Cl)c1. The van der Waals surface area contributed by atoms with Gasteiger partial charge in [0.25, 0.3) is 0 Å². The predicted octanol–water partition coefficient (Wildman–Crippen LogP) is 3.69.